The molecule has 4 nitrogen and oxygen atoms in total. The van der Waals surface area contributed by atoms with Gasteiger partial charge in [0.1, 0.15) is 6.61 Å². The molecule has 0 saturated heterocycles. The summed E-state index contributed by atoms with van der Waals surface area (Å²) in [5.41, 5.74) is 3.61. The van der Waals surface area contributed by atoms with Gasteiger partial charge in [-0.2, -0.15) is 0 Å². The summed E-state index contributed by atoms with van der Waals surface area (Å²) in [7, 11) is 1.62. The highest BCUT2D eigenvalue weighted by atomic mass is 16.5. The van der Waals surface area contributed by atoms with E-state index in [9.17, 15) is 0 Å². The number of ether oxygens (including phenoxy) is 2. The van der Waals surface area contributed by atoms with Gasteiger partial charge in [-0.1, -0.05) is 48.0 Å². The lowest BCUT2D eigenvalue weighted by Crippen LogP contribution is -2.20. The number of aliphatic hydroxyl groups excluding tert-OH is 1. The maximum absolute atomic E-state index is 8.88. The van der Waals surface area contributed by atoms with E-state index in [0.29, 0.717) is 11.5 Å². The summed E-state index contributed by atoms with van der Waals surface area (Å²) >= 11 is 0. The summed E-state index contributed by atoms with van der Waals surface area (Å²) in [5, 5.41) is 12.4. The Balaban J connectivity index is 1.98. The van der Waals surface area contributed by atoms with E-state index in [1.54, 1.807) is 7.11 Å². The molecule has 0 aliphatic heterocycles. The molecular formula is C21H27NO3. The third kappa shape index (κ3) is 5.93. The molecule has 2 rings (SSSR count). The average molecular weight is 341 g/mol. The van der Waals surface area contributed by atoms with E-state index in [4.69, 9.17) is 14.6 Å². The quantitative estimate of drug-likeness (QED) is 0.728. The van der Waals surface area contributed by atoms with Gasteiger partial charge in [0.15, 0.2) is 11.5 Å². The van der Waals surface area contributed by atoms with Crippen molar-refractivity contribution in [3.05, 3.63) is 65.2 Å². The van der Waals surface area contributed by atoms with Crippen molar-refractivity contribution in [2.45, 2.75) is 19.9 Å². The van der Waals surface area contributed by atoms with Gasteiger partial charge in [-0.25, -0.2) is 0 Å². The number of nitrogens with one attached hydrogen (secondary N) is 1. The Morgan fingerprint density at radius 1 is 1.16 bits per heavy atom. The van der Waals surface area contributed by atoms with Gasteiger partial charge in [-0.15, -0.1) is 0 Å². The second-order valence-electron chi connectivity index (χ2n) is 5.99. The van der Waals surface area contributed by atoms with Gasteiger partial charge in [0.05, 0.1) is 13.7 Å². The molecule has 2 N–H and O–H groups in total. The van der Waals surface area contributed by atoms with Gasteiger partial charge in [0, 0.05) is 12.6 Å². The topological polar surface area (TPSA) is 50.7 Å². The zero-order chi connectivity index (χ0) is 18.1. The molecule has 0 amide bonds. The predicted molar refractivity (Wildman–Crippen MR) is 102 cm³/mol. The maximum Gasteiger partial charge on any atom is 0.161 e. The Kier molecular flexibility index (Phi) is 7.51. The largest absolute Gasteiger partial charge is 0.493 e. The Hall–Kier alpha value is -2.30. The van der Waals surface area contributed by atoms with Crippen molar-refractivity contribution < 1.29 is 14.6 Å². The SMILES string of the molecule is COc1cc(C(C)NC/C(C)=C/c2ccccc2)ccc1OCCO. The lowest BCUT2D eigenvalue weighted by molar-refractivity contribution is 0.196. The Morgan fingerprint density at radius 2 is 1.92 bits per heavy atom. The molecular weight excluding hydrogens is 314 g/mol. The van der Waals surface area contributed by atoms with Gasteiger partial charge in [-0.3, -0.25) is 0 Å². The first-order chi connectivity index (χ1) is 12.1. The van der Waals surface area contributed by atoms with Crippen LogP contribution >= 0.6 is 0 Å². The molecule has 0 aromatic heterocycles. The standard InChI is InChI=1S/C21H27NO3/c1-16(13-18-7-5-4-6-8-18)15-22-17(2)19-9-10-20(25-12-11-23)21(14-19)24-3/h4-10,13-14,17,22-23H,11-12,15H2,1-3H3/b16-13+. The van der Waals surface area contributed by atoms with Crippen LogP contribution in [0.1, 0.15) is 31.0 Å². The predicted octanol–water partition coefficient (Wildman–Crippen LogP) is 3.82. The van der Waals surface area contributed by atoms with Crippen molar-refractivity contribution in [2.24, 2.45) is 0 Å². The van der Waals surface area contributed by atoms with E-state index in [1.807, 2.05) is 36.4 Å². The summed E-state index contributed by atoms with van der Waals surface area (Å²) in [6.07, 6.45) is 2.19. The summed E-state index contributed by atoms with van der Waals surface area (Å²) in [6, 6.07) is 16.4. The highest BCUT2D eigenvalue weighted by molar-refractivity contribution is 5.52. The van der Waals surface area contributed by atoms with Crippen molar-refractivity contribution in [3.63, 3.8) is 0 Å². The van der Waals surface area contributed by atoms with Crippen molar-refractivity contribution in [2.75, 3.05) is 26.9 Å². The van der Waals surface area contributed by atoms with Crippen LogP contribution in [-0.4, -0.2) is 32.0 Å². The van der Waals surface area contributed by atoms with Crippen molar-refractivity contribution in [1.82, 2.24) is 5.32 Å². The normalized spacial score (nSPS) is 12.7. The molecule has 0 heterocycles. The molecule has 0 aliphatic carbocycles. The van der Waals surface area contributed by atoms with Crippen molar-refractivity contribution in [1.29, 1.82) is 0 Å². The second-order valence-corrected chi connectivity index (χ2v) is 5.99. The first-order valence-electron chi connectivity index (χ1n) is 8.51. The minimum atomic E-state index is -0.0180. The molecule has 1 unspecified atom stereocenters. The zero-order valence-electron chi connectivity index (χ0n) is 15.2. The number of benzene rings is 2. The minimum absolute atomic E-state index is 0.0180. The van der Waals surface area contributed by atoms with Crippen LogP contribution in [0.25, 0.3) is 6.08 Å². The van der Waals surface area contributed by atoms with E-state index in [2.05, 4.69) is 37.4 Å². The highest BCUT2D eigenvalue weighted by Gasteiger charge is 2.10. The minimum Gasteiger partial charge on any atom is -0.493 e. The van der Waals surface area contributed by atoms with Crippen LogP contribution in [0.3, 0.4) is 0 Å². The van der Waals surface area contributed by atoms with Crippen LogP contribution in [0.2, 0.25) is 0 Å². The van der Waals surface area contributed by atoms with Crippen LogP contribution in [0, 0.1) is 0 Å². The molecule has 0 fully saturated rings. The first kappa shape index (κ1) is 19.0. The van der Waals surface area contributed by atoms with E-state index in [0.717, 1.165) is 12.1 Å². The molecule has 0 bridgehead atoms. The van der Waals surface area contributed by atoms with Gasteiger partial charge in [-0.05, 0) is 37.1 Å². The lowest BCUT2D eigenvalue weighted by Gasteiger charge is -2.17. The Labute approximate surface area is 150 Å². The fourth-order valence-corrected chi connectivity index (χ4v) is 2.55. The lowest BCUT2D eigenvalue weighted by atomic mass is 10.1. The summed E-state index contributed by atoms with van der Waals surface area (Å²) < 4.78 is 10.9. The third-order valence-electron chi connectivity index (χ3n) is 3.94. The molecule has 2 aromatic carbocycles. The molecule has 1 atom stereocenters. The van der Waals surface area contributed by atoms with Crippen molar-refractivity contribution >= 4 is 6.08 Å². The molecule has 0 saturated carbocycles. The number of hydrogen-bond donors (Lipinski definition) is 2. The molecule has 25 heavy (non-hydrogen) atoms. The van der Waals surface area contributed by atoms with Crippen LogP contribution in [0.4, 0.5) is 0 Å². The Bertz CT molecular complexity index is 683. The second kappa shape index (κ2) is 9.87. The van der Waals surface area contributed by atoms with Crippen LogP contribution in [0.5, 0.6) is 11.5 Å². The van der Waals surface area contributed by atoms with Gasteiger partial charge in [0.2, 0.25) is 0 Å². The molecule has 4 heteroatoms. The van der Waals surface area contributed by atoms with Gasteiger partial charge < -0.3 is 19.9 Å². The van der Waals surface area contributed by atoms with Gasteiger partial charge in [0.25, 0.3) is 0 Å². The number of aliphatic hydroxyl groups is 1. The smallest absolute Gasteiger partial charge is 0.161 e. The van der Waals surface area contributed by atoms with Crippen LogP contribution in [0.15, 0.2) is 54.1 Å². The number of methoxy groups -OCH3 is 1. The van der Waals surface area contributed by atoms with E-state index in [1.165, 1.54) is 11.1 Å². The van der Waals surface area contributed by atoms with Crippen molar-refractivity contribution in [3.8, 4) is 11.5 Å². The van der Waals surface area contributed by atoms with Crippen LogP contribution in [-0.2, 0) is 0 Å². The zero-order valence-corrected chi connectivity index (χ0v) is 15.2. The maximum atomic E-state index is 8.88. The molecule has 0 aliphatic rings. The summed E-state index contributed by atoms with van der Waals surface area (Å²) in [6.45, 7) is 5.29. The molecule has 0 radical (unpaired) electrons. The molecule has 0 spiro atoms. The number of rotatable bonds is 9. The molecule has 2 aromatic rings. The van der Waals surface area contributed by atoms with Crippen LogP contribution < -0.4 is 14.8 Å². The first-order valence-corrected chi connectivity index (χ1v) is 8.51. The fraction of sp³-hybridized carbons (Fsp3) is 0.333. The Morgan fingerprint density at radius 3 is 2.60 bits per heavy atom. The average Bonchev–Trinajstić information content (AvgIpc) is 2.65. The van der Waals surface area contributed by atoms with E-state index >= 15 is 0 Å². The highest BCUT2D eigenvalue weighted by Crippen LogP contribution is 2.30. The fourth-order valence-electron chi connectivity index (χ4n) is 2.55. The van der Waals surface area contributed by atoms with E-state index < -0.39 is 0 Å². The van der Waals surface area contributed by atoms with Gasteiger partial charge >= 0.3 is 0 Å². The molecule has 134 valence electrons. The van der Waals surface area contributed by atoms with E-state index in [-0.39, 0.29) is 19.3 Å². The number of hydrogen-bond acceptors (Lipinski definition) is 4. The monoisotopic (exact) mass is 341 g/mol. The summed E-state index contributed by atoms with van der Waals surface area (Å²) in [5.74, 6) is 1.32. The summed E-state index contributed by atoms with van der Waals surface area (Å²) in [4.78, 5) is 0. The third-order valence-corrected chi connectivity index (χ3v) is 3.94.